The van der Waals surface area contributed by atoms with Crippen molar-refractivity contribution in [1.82, 2.24) is 10.3 Å². The molecule has 1 aromatic rings. The van der Waals surface area contributed by atoms with E-state index in [0.717, 1.165) is 31.1 Å². The minimum Gasteiger partial charge on any atom is -0.481 e. The molecule has 0 radical (unpaired) electrons. The lowest BCUT2D eigenvalue weighted by Gasteiger charge is -2.19. The normalized spacial score (nSPS) is 15.2. The summed E-state index contributed by atoms with van der Waals surface area (Å²) in [4.78, 5) is 4.34. The van der Waals surface area contributed by atoms with Gasteiger partial charge < -0.3 is 10.1 Å². The van der Waals surface area contributed by atoms with E-state index in [1.165, 1.54) is 11.1 Å². The van der Waals surface area contributed by atoms with Gasteiger partial charge in [0.15, 0.2) is 0 Å². The monoisotopic (exact) mass is 178 g/mol. The van der Waals surface area contributed by atoms with E-state index in [1.807, 2.05) is 13.0 Å². The number of fused-ring (bicyclic) bond motifs is 1. The highest BCUT2D eigenvalue weighted by molar-refractivity contribution is 5.36. The number of rotatable bonds is 1. The summed E-state index contributed by atoms with van der Waals surface area (Å²) in [7, 11) is 1.66. The first-order chi connectivity index (χ1) is 6.31. The maximum atomic E-state index is 5.13. The molecule has 2 heterocycles. The van der Waals surface area contributed by atoms with Crippen LogP contribution in [0.25, 0.3) is 0 Å². The number of nitrogens with one attached hydrogen (secondary N) is 1. The molecule has 70 valence electrons. The minimum absolute atomic E-state index is 0.734. The zero-order valence-electron chi connectivity index (χ0n) is 8.05. The number of hydrogen-bond acceptors (Lipinski definition) is 3. The van der Waals surface area contributed by atoms with E-state index in [9.17, 15) is 0 Å². The number of aryl methyl sites for hydroxylation is 1. The van der Waals surface area contributed by atoms with Crippen LogP contribution in [0.1, 0.15) is 16.8 Å². The van der Waals surface area contributed by atoms with Gasteiger partial charge in [0.05, 0.1) is 7.11 Å². The molecule has 1 aromatic heterocycles. The van der Waals surface area contributed by atoms with E-state index >= 15 is 0 Å². The van der Waals surface area contributed by atoms with Crippen molar-refractivity contribution in [2.24, 2.45) is 0 Å². The summed E-state index contributed by atoms with van der Waals surface area (Å²) in [5.74, 6) is 0.734. The number of nitrogens with zero attached hydrogens (tertiary/aromatic N) is 1. The summed E-state index contributed by atoms with van der Waals surface area (Å²) in [5, 5.41) is 3.34. The summed E-state index contributed by atoms with van der Waals surface area (Å²) in [6.07, 6.45) is 1.08. The first kappa shape index (κ1) is 8.51. The smallest absolute Gasteiger partial charge is 0.213 e. The summed E-state index contributed by atoms with van der Waals surface area (Å²) in [6, 6.07) is 2.04. The minimum atomic E-state index is 0.734. The predicted octanol–water partition coefficient (Wildman–Crippen LogP) is 1.04. The van der Waals surface area contributed by atoms with Crippen molar-refractivity contribution in [2.45, 2.75) is 19.9 Å². The zero-order chi connectivity index (χ0) is 9.26. The second-order valence-electron chi connectivity index (χ2n) is 3.31. The molecule has 0 atom stereocenters. The van der Waals surface area contributed by atoms with Crippen molar-refractivity contribution in [3.63, 3.8) is 0 Å². The van der Waals surface area contributed by atoms with Crippen molar-refractivity contribution < 1.29 is 4.74 Å². The fraction of sp³-hybridized carbons (Fsp3) is 0.500. The van der Waals surface area contributed by atoms with Gasteiger partial charge in [-0.25, -0.2) is 4.98 Å². The Hall–Kier alpha value is -1.09. The van der Waals surface area contributed by atoms with Crippen LogP contribution in [0.2, 0.25) is 0 Å². The van der Waals surface area contributed by atoms with Gasteiger partial charge in [-0.15, -0.1) is 0 Å². The van der Waals surface area contributed by atoms with Crippen LogP contribution in [0, 0.1) is 6.92 Å². The van der Waals surface area contributed by atoms with E-state index < -0.39 is 0 Å². The number of pyridine rings is 1. The standard InChI is InChI=1S/C10H14N2O/c1-7-9-6-11-4-3-8(9)5-10(12-7)13-2/h5,11H,3-4,6H2,1-2H3. The molecule has 3 nitrogen and oxygen atoms in total. The Morgan fingerprint density at radius 2 is 2.38 bits per heavy atom. The van der Waals surface area contributed by atoms with Gasteiger partial charge in [-0.2, -0.15) is 0 Å². The molecule has 3 heteroatoms. The molecule has 1 aliphatic heterocycles. The van der Waals surface area contributed by atoms with Crippen LogP contribution in [0.5, 0.6) is 5.88 Å². The van der Waals surface area contributed by atoms with Gasteiger partial charge in [0, 0.05) is 18.3 Å². The third-order valence-electron chi connectivity index (χ3n) is 2.48. The Morgan fingerprint density at radius 3 is 3.15 bits per heavy atom. The van der Waals surface area contributed by atoms with Gasteiger partial charge in [0.25, 0.3) is 0 Å². The van der Waals surface area contributed by atoms with E-state index in [4.69, 9.17) is 4.74 Å². The van der Waals surface area contributed by atoms with Gasteiger partial charge in [0.2, 0.25) is 5.88 Å². The van der Waals surface area contributed by atoms with Crippen LogP contribution < -0.4 is 10.1 Å². The molecule has 2 rings (SSSR count). The van der Waals surface area contributed by atoms with Crippen molar-refractivity contribution in [1.29, 1.82) is 0 Å². The Bertz CT molecular complexity index is 323. The van der Waals surface area contributed by atoms with Crippen molar-refractivity contribution in [3.8, 4) is 5.88 Å². The van der Waals surface area contributed by atoms with Gasteiger partial charge in [-0.05, 0) is 31.0 Å². The third kappa shape index (κ3) is 1.52. The first-order valence-corrected chi connectivity index (χ1v) is 4.55. The fourth-order valence-electron chi connectivity index (χ4n) is 1.74. The quantitative estimate of drug-likeness (QED) is 0.697. The second-order valence-corrected chi connectivity index (χ2v) is 3.31. The molecule has 0 unspecified atom stereocenters. The lowest BCUT2D eigenvalue weighted by molar-refractivity contribution is 0.395. The Labute approximate surface area is 78.1 Å². The average molecular weight is 178 g/mol. The van der Waals surface area contributed by atoms with Crippen LogP contribution in [0.4, 0.5) is 0 Å². The Balaban J connectivity index is 2.47. The lowest BCUT2D eigenvalue weighted by Crippen LogP contribution is -2.24. The Kier molecular flexibility index (Phi) is 2.19. The second kappa shape index (κ2) is 3.34. The van der Waals surface area contributed by atoms with Crippen LogP contribution >= 0.6 is 0 Å². The molecular formula is C10H14N2O. The zero-order valence-corrected chi connectivity index (χ0v) is 8.05. The molecule has 13 heavy (non-hydrogen) atoms. The summed E-state index contributed by atoms with van der Waals surface area (Å²) in [5.41, 5.74) is 3.80. The van der Waals surface area contributed by atoms with Crippen LogP contribution in [-0.4, -0.2) is 18.6 Å². The SMILES string of the molecule is COc1cc2c(c(C)n1)CNCC2. The molecule has 0 bridgehead atoms. The van der Waals surface area contributed by atoms with Gasteiger partial charge >= 0.3 is 0 Å². The fourth-order valence-corrected chi connectivity index (χ4v) is 1.74. The van der Waals surface area contributed by atoms with Gasteiger partial charge in [0.1, 0.15) is 0 Å². The topological polar surface area (TPSA) is 34.1 Å². The molecule has 1 aliphatic rings. The highest BCUT2D eigenvalue weighted by Gasteiger charge is 2.13. The Morgan fingerprint density at radius 1 is 1.54 bits per heavy atom. The number of methoxy groups -OCH3 is 1. The molecule has 0 aromatic carbocycles. The highest BCUT2D eigenvalue weighted by atomic mass is 16.5. The molecule has 0 fully saturated rings. The summed E-state index contributed by atoms with van der Waals surface area (Å²) >= 11 is 0. The molecule has 0 spiro atoms. The van der Waals surface area contributed by atoms with Crippen LogP contribution in [-0.2, 0) is 13.0 Å². The molecule has 0 saturated heterocycles. The van der Waals surface area contributed by atoms with Crippen molar-refractivity contribution in [2.75, 3.05) is 13.7 Å². The van der Waals surface area contributed by atoms with Crippen LogP contribution in [0.3, 0.4) is 0 Å². The van der Waals surface area contributed by atoms with Crippen molar-refractivity contribution in [3.05, 3.63) is 22.9 Å². The summed E-state index contributed by atoms with van der Waals surface area (Å²) < 4.78 is 5.13. The van der Waals surface area contributed by atoms with Crippen LogP contribution in [0.15, 0.2) is 6.07 Å². The molecule has 0 aliphatic carbocycles. The van der Waals surface area contributed by atoms with E-state index in [1.54, 1.807) is 7.11 Å². The number of aromatic nitrogens is 1. The molecule has 0 amide bonds. The maximum Gasteiger partial charge on any atom is 0.213 e. The number of ether oxygens (including phenoxy) is 1. The lowest BCUT2D eigenvalue weighted by atomic mass is 10.0. The average Bonchev–Trinajstić information content (AvgIpc) is 2.18. The van der Waals surface area contributed by atoms with E-state index in [-0.39, 0.29) is 0 Å². The number of hydrogen-bond donors (Lipinski definition) is 1. The van der Waals surface area contributed by atoms with Gasteiger partial charge in [-0.1, -0.05) is 0 Å². The first-order valence-electron chi connectivity index (χ1n) is 4.55. The van der Waals surface area contributed by atoms with E-state index in [0.29, 0.717) is 0 Å². The summed E-state index contributed by atoms with van der Waals surface area (Å²) in [6.45, 7) is 4.03. The highest BCUT2D eigenvalue weighted by Crippen LogP contribution is 2.20. The van der Waals surface area contributed by atoms with E-state index in [2.05, 4.69) is 10.3 Å². The predicted molar refractivity (Wildman–Crippen MR) is 50.9 cm³/mol. The molecular weight excluding hydrogens is 164 g/mol. The molecule has 0 saturated carbocycles. The maximum absolute atomic E-state index is 5.13. The largest absolute Gasteiger partial charge is 0.481 e. The third-order valence-corrected chi connectivity index (χ3v) is 2.48. The molecule has 1 N–H and O–H groups in total. The van der Waals surface area contributed by atoms with Crippen molar-refractivity contribution >= 4 is 0 Å². The van der Waals surface area contributed by atoms with Gasteiger partial charge in [-0.3, -0.25) is 0 Å².